The molecule has 4 saturated heterocycles. The molecule has 716 valence electrons. The van der Waals surface area contributed by atoms with Crippen LogP contribution in [0.25, 0.3) is 0 Å². The number of amides is 3. The van der Waals surface area contributed by atoms with Crippen molar-refractivity contribution in [3.63, 3.8) is 0 Å². The summed E-state index contributed by atoms with van der Waals surface area (Å²) in [5, 5.41) is 169. The molecule has 1 unspecified atom stereocenters. The van der Waals surface area contributed by atoms with E-state index in [9.17, 15) is 75.7 Å². The van der Waals surface area contributed by atoms with E-state index < -0.39 is 167 Å². The highest BCUT2D eigenvalue weighted by molar-refractivity contribution is 7.97. The van der Waals surface area contributed by atoms with E-state index >= 15 is 0 Å². The van der Waals surface area contributed by atoms with Crippen molar-refractivity contribution in [3.8, 4) is 0 Å². The summed E-state index contributed by atoms with van der Waals surface area (Å²) in [5.74, 6) is -1.79. The summed E-state index contributed by atoms with van der Waals surface area (Å²) in [6.07, 6.45) is 5.24. The molecule has 4 fully saturated rings. The van der Waals surface area contributed by atoms with Crippen molar-refractivity contribution >= 4 is 29.5 Å². The second-order valence-electron chi connectivity index (χ2n) is 33.1. The average Bonchev–Trinajstić information content (AvgIpc) is 1.21. The Morgan fingerprint density at radius 1 is 0.508 bits per heavy atom. The first kappa shape index (κ1) is 111. The first-order chi connectivity index (χ1) is 59.3. The summed E-state index contributed by atoms with van der Waals surface area (Å²) in [6.45, 7) is 20.4. The van der Waals surface area contributed by atoms with Gasteiger partial charge in [0.2, 0.25) is 23.4 Å². The number of unbranched alkanes of at least 4 members (excludes halogenated alkanes) is 9. The molecular formula is C81H153N18O24S+. The number of rotatable bonds is 49. The van der Waals surface area contributed by atoms with E-state index in [0.29, 0.717) is 91.2 Å². The number of H-pyrrole nitrogens is 1. The number of thioether (sulfide) groups is 1. The van der Waals surface area contributed by atoms with Crippen LogP contribution in [0.5, 0.6) is 0 Å². The molecule has 0 saturated carbocycles. The molecule has 4 aliphatic rings. The summed E-state index contributed by atoms with van der Waals surface area (Å²) in [6, 6.07) is -3.08. The molecule has 17 N–H and O–H groups in total. The lowest BCUT2D eigenvalue weighted by molar-refractivity contribution is -0.754. The minimum atomic E-state index is -1.42. The Morgan fingerprint density at radius 3 is 1.18 bits per heavy atom. The van der Waals surface area contributed by atoms with Gasteiger partial charge in [-0.15, -0.1) is 15.3 Å². The van der Waals surface area contributed by atoms with Crippen LogP contribution in [0.1, 0.15) is 188 Å². The molecule has 124 heavy (non-hydrogen) atoms. The highest BCUT2D eigenvalue weighted by Crippen LogP contribution is 2.33. The Kier molecular flexibility index (Phi) is 54.5. The summed E-state index contributed by atoms with van der Waals surface area (Å²) >= 11 is 1.75. The lowest BCUT2D eigenvalue weighted by Crippen LogP contribution is -2.64. The van der Waals surface area contributed by atoms with E-state index in [1.807, 2.05) is 60.8 Å². The maximum atomic E-state index is 12.0. The van der Waals surface area contributed by atoms with E-state index in [1.54, 1.807) is 42.3 Å². The Balaban J connectivity index is 0.00000254. The van der Waals surface area contributed by atoms with Crippen molar-refractivity contribution in [1.29, 1.82) is 0 Å². The van der Waals surface area contributed by atoms with E-state index in [1.165, 1.54) is 27.2 Å². The number of aryl methyl sites for hydroxylation is 4. The van der Waals surface area contributed by atoms with Crippen LogP contribution in [0, 0.1) is 11.3 Å². The zero-order valence-corrected chi connectivity index (χ0v) is 76.6. The summed E-state index contributed by atoms with van der Waals surface area (Å²) in [5.41, 5.74) is 2.88. The first-order valence-corrected chi connectivity index (χ1v) is 45.2. The number of aromatic nitrogens is 12. The third-order valence-corrected chi connectivity index (χ3v) is 20.7. The smallest absolute Gasteiger partial charge is 0.232 e. The molecule has 8 heterocycles. The third-order valence-electron chi connectivity index (χ3n) is 20.7. The van der Waals surface area contributed by atoms with Crippen LogP contribution in [0.2, 0.25) is 0 Å². The van der Waals surface area contributed by atoms with E-state index in [4.69, 9.17) is 43.0 Å². The maximum absolute atomic E-state index is 12.0. The van der Waals surface area contributed by atoms with Crippen LogP contribution in [-0.2, 0) is 109 Å². The molecule has 4 aromatic heterocycles. The van der Waals surface area contributed by atoms with Crippen molar-refractivity contribution in [3.05, 3.63) is 47.6 Å². The van der Waals surface area contributed by atoms with Gasteiger partial charge in [-0.1, -0.05) is 75.2 Å². The van der Waals surface area contributed by atoms with Gasteiger partial charge in [0, 0.05) is 136 Å². The number of nitrogens with zero attached hydrogens (tertiary/aromatic N) is 13. The zero-order valence-electron chi connectivity index (χ0n) is 75.8. The molecule has 42 nitrogen and oxygen atoms in total. The van der Waals surface area contributed by atoms with Gasteiger partial charge in [-0.2, -0.15) is 16.4 Å². The predicted octanol–water partition coefficient (Wildman–Crippen LogP) is -1.09. The number of aromatic amines is 1. The van der Waals surface area contributed by atoms with Crippen LogP contribution >= 0.6 is 11.8 Å². The number of carbonyl (C=O) groups excluding carboxylic acids is 3. The van der Waals surface area contributed by atoms with Crippen molar-refractivity contribution < 1.29 is 123 Å². The molecule has 21 atom stereocenters. The SMILES string of the molecule is CC(=O)N[C@H]1[C@H](OCCCCCn2cc(CN(CCCCC(N(Cc3cn(CCCCCO[C@@H]4O[C@H](CO)[C@H](O)[C@H](O)[C@H]4C)nn3)Cc3c[n+](CCCCCO[C@@H]4O[C@H](CO)[C@H](O)[C@H](O)[C@H]4NC(C)=O)[nH]n3)C(C)(C)C)Cc3cn(CCCCCO[C@@H]4O[C@H](CO)[C@H](O)[C@H](O)[C@H]4NC(C)=O)nn3)nn2)O[C@H](CO)[C@H](O)[C@@H]1O.CCC.CNC.COC.CSC. The van der Waals surface area contributed by atoms with Crippen LogP contribution in [-0.4, -0.2) is 367 Å². The van der Waals surface area contributed by atoms with Crippen LogP contribution < -0.4 is 25.9 Å². The standard InChI is InChI=1S/C72H125N17O23.C3H8.C2H7N.C2H6O.C2H6S/c1-44-60(97)61(98)52(40-90)109-68(44)105-28-18-8-13-26-88-38-50(78-82-88)34-85(35-51-39-89(83-79-51)27-16-11-21-31-108-71-59(75-47(4)96)67(104)64(101)55(43-93)112-71)56(72(5,6)7)22-12-17-23-84(32-48-36-86(80-76-48)24-14-9-19-29-106-69-57(73-45(2)94)65(102)62(99)53(41-91)110-69)33-49-37-87(81-77-49)25-15-10-20-30-107-70-58(74-46(3)95)66(103)63(100)54(42-92)111-70;4*1-3-2/h36-39,44,52-71,90-93,97-104H,8-35,40-43H2,1-7H3,(H3,73,74,75,94,95,96);3H2,1-2H3;3H,1-2H3;2*1-2H3/p+1/t44-,52-,53-,54-,55-,56?,57-,58-,59-,60-,61+,62+,63+,64+,65-,66-,67-,68-,69-,70-,71-;;;;/m1..../s1. The van der Waals surface area contributed by atoms with Crippen LogP contribution in [0.4, 0.5) is 0 Å². The topological polar surface area (TPSA) is 556 Å². The maximum Gasteiger partial charge on any atom is 0.232 e. The molecule has 0 radical (unpaired) electrons. The lowest BCUT2D eigenvalue weighted by Gasteiger charge is -2.42. The summed E-state index contributed by atoms with van der Waals surface area (Å²) < 4.78 is 58.3. The Labute approximate surface area is 734 Å². The number of methoxy groups -OCH3 is 1. The molecular weight excluding hydrogens is 1640 g/mol. The fourth-order valence-electron chi connectivity index (χ4n) is 14.6. The van der Waals surface area contributed by atoms with Gasteiger partial charge < -0.3 is 125 Å². The largest absolute Gasteiger partial charge is 0.394 e. The predicted molar refractivity (Wildman–Crippen MR) is 455 cm³/mol. The van der Waals surface area contributed by atoms with Crippen molar-refractivity contribution in [2.45, 2.75) is 340 Å². The van der Waals surface area contributed by atoms with E-state index in [-0.39, 0.29) is 31.3 Å². The molecule has 4 aromatic rings. The number of carbonyl (C=O) groups is 3. The molecule has 0 spiro atoms. The Hall–Kier alpha value is -5.64. The highest BCUT2D eigenvalue weighted by Gasteiger charge is 2.49. The van der Waals surface area contributed by atoms with Crippen LogP contribution in [0.15, 0.2) is 24.8 Å². The van der Waals surface area contributed by atoms with Gasteiger partial charge in [0.15, 0.2) is 31.4 Å². The second kappa shape index (κ2) is 61.0. The summed E-state index contributed by atoms with van der Waals surface area (Å²) in [4.78, 5) is 40.5. The number of nitrogens with one attached hydrogen (secondary N) is 5. The van der Waals surface area contributed by atoms with Gasteiger partial charge in [0.05, 0.1) is 56.2 Å². The van der Waals surface area contributed by atoms with Crippen LogP contribution in [0.3, 0.4) is 0 Å². The minimum absolute atomic E-state index is 0.0149. The normalized spacial score (nSPS) is 26.6. The van der Waals surface area contributed by atoms with Gasteiger partial charge in [-0.25, -0.2) is 0 Å². The van der Waals surface area contributed by atoms with Crippen molar-refractivity contribution in [2.24, 2.45) is 11.3 Å². The molecule has 0 aromatic carbocycles. The number of aliphatic hydroxyl groups excluding tert-OH is 12. The molecule has 4 aliphatic heterocycles. The lowest BCUT2D eigenvalue weighted by atomic mass is 9.82. The Bertz CT molecular complexity index is 3330. The third kappa shape index (κ3) is 39.0. The highest BCUT2D eigenvalue weighted by atomic mass is 32.2. The molecule has 3 amide bonds. The monoisotopic (exact) mass is 1790 g/mol. The fourth-order valence-corrected chi connectivity index (χ4v) is 14.6. The number of aliphatic hydroxyl groups is 12. The quantitative estimate of drug-likeness (QED) is 0.0184. The molecule has 43 heteroatoms. The van der Waals surface area contributed by atoms with Gasteiger partial charge in [-0.3, -0.25) is 38.2 Å². The molecule has 8 rings (SSSR count). The zero-order chi connectivity index (χ0) is 91.8. The second-order valence-corrected chi connectivity index (χ2v) is 33.9. The summed E-state index contributed by atoms with van der Waals surface area (Å²) in [7, 11) is 7.00. The van der Waals surface area contributed by atoms with Gasteiger partial charge in [0.25, 0.3) is 0 Å². The van der Waals surface area contributed by atoms with E-state index in [2.05, 4.69) is 107 Å². The number of ether oxygens (including phenoxy) is 9. The minimum Gasteiger partial charge on any atom is -0.394 e. The Morgan fingerprint density at radius 2 is 0.831 bits per heavy atom. The van der Waals surface area contributed by atoms with Crippen molar-refractivity contribution in [1.82, 2.24) is 86.4 Å². The average molecular weight is 1800 g/mol. The van der Waals surface area contributed by atoms with Gasteiger partial charge >= 0.3 is 0 Å². The van der Waals surface area contributed by atoms with Gasteiger partial charge in [-0.05, 0) is 128 Å². The van der Waals surface area contributed by atoms with Gasteiger partial charge in [0.1, 0.15) is 91.8 Å². The first-order valence-electron chi connectivity index (χ1n) is 43.6. The fraction of sp³-hybridized carbons (Fsp3) is 0.864. The number of hydrogen-bond acceptors (Lipinski definition) is 35. The van der Waals surface area contributed by atoms with Crippen molar-refractivity contribution in [2.75, 3.05) is 100 Å². The van der Waals surface area contributed by atoms with E-state index in [0.717, 1.165) is 93.4 Å². The molecule has 0 bridgehead atoms. The number of hydrogen-bond donors (Lipinski definition) is 17. The molecule has 0 aliphatic carbocycles.